The minimum atomic E-state index is -0.467. The molecule has 1 aromatic rings. The zero-order valence-corrected chi connectivity index (χ0v) is 10.7. The second kappa shape index (κ2) is 5.17. The smallest absolute Gasteiger partial charge is 0.0850 e. The van der Waals surface area contributed by atoms with Crippen molar-refractivity contribution >= 4 is 21.6 Å². The van der Waals surface area contributed by atoms with Gasteiger partial charge in [-0.25, -0.2) is 0 Å². The molecule has 1 aliphatic rings. The molecule has 4 heteroatoms. The number of nitrogen functional groups attached to an aromatic ring is 1. The lowest BCUT2D eigenvalue weighted by Gasteiger charge is -2.28. The van der Waals surface area contributed by atoms with E-state index in [0.717, 1.165) is 36.0 Å². The van der Waals surface area contributed by atoms with Crippen LogP contribution in [0.3, 0.4) is 0 Å². The first-order valence-electron chi connectivity index (χ1n) is 5.63. The molecule has 4 N–H and O–H groups in total. The highest BCUT2D eigenvalue weighted by atomic mass is 79.9. The zero-order valence-electron chi connectivity index (χ0n) is 9.12. The van der Waals surface area contributed by atoms with Crippen molar-refractivity contribution in [1.29, 1.82) is 0 Å². The number of hydrogen-bond donors (Lipinski definition) is 3. The largest absolute Gasteiger partial charge is 0.398 e. The Morgan fingerprint density at radius 1 is 1.50 bits per heavy atom. The molecule has 88 valence electrons. The third-order valence-electron chi connectivity index (χ3n) is 3.19. The molecule has 0 amide bonds. The highest BCUT2D eigenvalue weighted by molar-refractivity contribution is 9.10. The minimum absolute atomic E-state index is 0.269. The van der Waals surface area contributed by atoms with Crippen LogP contribution in [0.25, 0.3) is 0 Å². The van der Waals surface area contributed by atoms with Gasteiger partial charge in [0.15, 0.2) is 0 Å². The first kappa shape index (κ1) is 11.9. The van der Waals surface area contributed by atoms with Crippen LogP contribution in [0.15, 0.2) is 22.7 Å². The molecule has 1 heterocycles. The van der Waals surface area contributed by atoms with E-state index in [4.69, 9.17) is 5.73 Å². The number of aliphatic hydroxyl groups excluding tert-OH is 1. The SMILES string of the molecule is Nc1c(Br)cccc1C(O)C1CCCNC1. The van der Waals surface area contributed by atoms with E-state index < -0.39 is 6.10 Å². The maximum atomic E-state index is 10.3. The number of nitrogens with one attached hydrogen (secondary N) is 1. The predicted octanol–water partition coefficient (Wildman–Crippen LogP) is 2.06. The van der Waals surface area contributed by atoms with Gasteiger partial charge >= 0.3 is 0 Å². The normalized spacial score (nSPS) is 23.0. The predicted molar refractivity (Wildman–Crippen MR) is 69.1 cm³/mol. The van der Waals surface area contributed by atoms with Gasteiger partial charge in [-0.3, -0.25) is 0 Å². The van der Waals surface area contributed by atoms with Crippen LogP contribution in [0, 0.1) is 5.92 Å². The van der Waals surface area contributed by atoms with Crippen LogP contribution >= 0.6 is 15.9 Å². The molecular weight excluding hydrogens is 268 g/mol. The average Bonchev–Trinajstić information content (AvgIpc) is 2.33. The van der Waals surface area contributed by atoms with Crippen LogP contribution in [-0.4, -0.2) is 18.2 Å². The van der Waals surface area contributed by atoms with Crippen molar-refractivity contribution in [2.24, 2.45) is 5.92 Å². The van der Waals surface area contributed by atoms with Crippen molar-refractivity contribution in [3.63, 3.8) is 0 Å². The summed E-state index contributed by atoms with van der Waals surface area (Å²) in [7, 11) is 0. The van der Waals surface area contributed by atoms with Gasteiger partial charge in [-0.05, 0) is 41.4 Å². The van der Waals surface area contributed by atoms with Crippen molar-refractivity contribution in [2.75, 3.05) is 18.8 Å². The lowest BCUT2D eigenvalue weighted by Crippen LogP contribution is -2.33. The molecule has 2 atom stereocenters. The fraction of sp³-hybridized carbons (Fsp3) is 0.500. The van der Waals surface area contributed by atoms with Gasteiger partial charge in [-0.15, -0.1) is 0 Å². The Balaban J connectivity index is 2.19. The number of hydrogen-bond acceptors (Lipinski definition) is 3. The Kier molecular flexibility index (Phi) is 3.84. The van der Waals surface area contributed by atoms with Crippen LogP contribution in [0.5, 0.6) is 0 Å². The Morgan fingerprint density at radius 3 is 3.00 bits per heavy atom. The monoisotopic (exact) mass is 284 g/mol. The molecule has 1 aliphatic heterocycles. The van der Waals surface area contributed by atoms with Crippen molar-refractivity contribution in [1.82, 2.24) is 5.32 Å². The second-order valence-electron chi connectivity index (χ2n) is 4.29. The second-order valence-corrected chi connectivity index (χ2v) is 5.15. The summed E-state index contributed by atoms with van der Waals surface area (Å²) in [6.45, 7) is 1.92. The molecule has 0 aromatic heterocycles. The summed E-state index contributed by atoms with van der Waals surface area (Å²) < 4.78 is 0.854. The summed E-state index contributed by atoms with van der Waals surface area (Å²) in [6.07, 6.45) is 1.71. The number of halogens is 1. The summed E-state index contributed by atoms with van der Waals surface area (Å²) in [5.41, 5.74) is 7.45. The van der Waals surface area contributed by atoms with Gasteiger partial charge < -0.3 is 16.2 Å². The van der Waals surface area contributed by atoms with Crippen molar-refractivity contribution in [3.8, 4) is 0 Å². The van der Waals surface area contributed by atoms with Gasteiger partial charge in [0.05, 0.1) is 11.8 Å². The lowest BCUT2D eigenvalue weighted by atomic mass is 9.89. The number of piperidine rings is 1. The van der Waals surface area contributed by atoms with E-state index in [-0.39, 0.29) is 5.92 Å². The summed E-state index contributed by atoms with van der Waals surface area (Å²) in [5, 5.41) is 13.6. The van der Waals surface area contributed by atoms with E-state index in [1.807, 2.05) is 18.2 Å². The van der Waals surface area contributed by atoms with Gasteiger partial charge in [0.2, 0.25) is 0 Å². The number of benzene rings is 1. The van der Waals surface area contributed by atoms with E-state index in [0.29, 0.717) is 5.69 Å². The molecule has 0 saturated carbocycles. The standard InChI is InChI=1S/C12H17BrN2O/c13-10-5-1-4-9(11(10)14)12(16)8-3-2-6-15-7-8/h1,4-5,8,12,15-16H,2-3,6-7,14H2. The molecule has 2 unspecified atom stereocenters. The Bertz CT molecular complexity index is 364. The van der Waals surface area contributed by atoms with E-state index in [9.17, 15) is 5.11 Å². The van der Waals surface area contributed by atoms with E-state index >= 15 is 0 Å². The highest BCUT2D eigenvalue weighted by Gasteiger charge is 2.24. The third kappa shape index (κ3) is 2.39. The van der Waals surface area contributed by atoms with Gasteiger partial charge in [0, 0.05) is 22.5 Å². The van der Waals surface area contributed by atoms with Gasteiger partial charge in [-0.2, -0.15) is 0 Å². The van der Waals surface area contributed by atoms with Crippen molar-refractivity contribution in [3.05, 3.63) is 28.2 Å². The number of anilines is 1. The first-order valence-corrected chi connectivity index (χ1v) is 6.42. The molecule has 0 spiro atoms. The fourth-order valence-corrected chi connectivity index (χ4v) is 2.60. The Hall–Kier alpha value is -0.580. The number of para-hydroxylation sites is 1. The molecule has 1 fully saturated rings. The van der Waals surface area contributed by atoms with Gasteiger partial charge in [0.25, 0.3) is 0 Å². The molecule has 0 aliphatic carbocycles. The van der Waals surface area contributed by atoms with E-state index in [1.54, 1.807) is 0 Å². The zero-order chi connectivity index (χ0) is 11.5. The molecule has 1 saturated heterocycles. The summed E-state index contributed by atoms with van der Waals surface area (Å²) in [5.74, 6) is 0.269. The average molecular weight is 285 g/mol. The summed E-state index contributed by atoms with van der Waals surface area (Å²) in [4.78, 5) is 0. The number of aliphatic hydroxyl groups is 1. The third-order valence-corrected chi connectivity index (χ3v) is 3.88. The lowest BCUT2D eigenvalue weighted by molar-refractivity contribution is 0.0927. The van der Waals surface area contributed by atoms with E-state index in [1.165, 1.54) is 0 Å². The molecular formula is C12H17BrN2O. The maximum Gasteiger partial charge on any atom is 0.0850 e. The molecule has 16 heavy (non-hydrogen) atoms. The first-order chi connectivity index (χ1) is 7.70. The molecule has 1 aromatic carbocycles. The fourth-order valence-electron chi connectivity index (χ4n) is 2.21. The topological polar surface area (TPSA) is 58.3 Å². The van der Waals surface area contributed by atoms with Crippen LogP contribution in [0.2, 0.25) is 0 Å². The van der Waals surface area contributed by atoms with Gasteiger partial charge in [-0.1, -0.05) is 12.1 Å². The van der Waals surface area contributed by atoms with Crippen LogP contribution in [-0.2, 0) is 0 Å². The number of rotatable bonds is 2. The molecule has 0 radical (unpaired) electrons. The highest BCUT2D eigenvalue weighted by Crippen LogP contribution is 2.33. The van der Waals surface area contributed by atoms with E-state index in [2.05, 4.69) is 21.2 Å². The van der Waals surface area contributed by atoms with Gasteiger partial charge in [0.1, 0.15) is 0 Å². The summed E-state index contributed by atoms with van der Waals surface area (Å²) >= 11 is 3.39. The molecule has 0 bridgehead atoms. The maximum absolute atomic E-state index is 10.3. The number of nitrogens with two attached hydrogens (primary N) is 1. The van der Waals surface area contributed by atoms with Crippen LogP contribution < -0.4 is 11.1 Å². The van der Waals surface area contributed by atoms with Crippen LogP contribution in [0.4, 0.5) is 5.69 Å². The molecule has 2 rings (SSSR count). The quantitative estimate of drug-likeness (QED) is 0.729. The van der Waals surface area contributed by atoms with Crippen molar-refractivity contribution < 1.29 is 5.11 Å². The van der Waals surface area contributed by atoms with Crippen molar-refractivity contribution in [2.45, 2.75) is 18.9 Å². The minimum Gasteiger partial charge on any atom is -0.398 e. The molecule has 3 nitrogen and oxygen atoms in total. The van der Waals surface area contributed by atoms with Crippen LogP contribution in [0.1, 0.15) is 24.5 Å². The summed E-state index contributed by atoms with van der Waals surface area (Å²) in [6, 6.07) is 5.71. The Labute approximate surface area is 104 Å². The Morgan fingerprint density at radius 2 is 2.31 bits per heavy atom.